The molecule has 0 fully saturated rings. The van der Waals surface area contributed by atoms with Gasteiger partial charge >= 0.3 is 0 Å². The lowest BCUT2D eigenvalue weighted by molar-refractivity contribution is 0.678. The SMILES string of the molecule is Cc1nn(C)c(N(C)C)c1CNCc1cn2cc(Cl)ccc2n1. The van der Waals surface area contributed by atoms with Crippen molar-refractivity contribution in [3.63, 3.8) is 0 Å². The number of hydrogen-bond donors (Lipinski definition) is 1. The van der Waals surface area contributed by atoms with Crippen molar-refractivity contribution in [3.05, 3.63) is 46.5 Å². The Kier molecular flexibility index (Phi) is 4.28. The summed E-state index contributed by atoms with van der Waals surface area (Å²) >= 11 is 6.00. The molecule has 122 valence electrons. The van der Waals surface area contributed by atoms with E-state index in [2.05, 4.69) is 20.3 Å². The first-order chi connectivity index (χ1) is 11.0. The van der Waals surface area contributed by atoms with E-state index in [1.807, 2.05) is 61.7 Å². The van der Waals surface area contributed by atoms with Crippen LogP contribution in [-0.2, 0) is 20.1 Å². The van der Waals surface area contributed by atoms with E-state index in [1.54, 1.807) is 0 Å². The summed E-state index contributed by atoms with van der Waals surface area (Å²) in [5.41, 5.74) is 4.15. The molecule has 0 saturated carbocycles. The first-order valence-corrected chi connectivity index (χ1v) is 7.87. The lowest BCUT2D eigenvalue weighted by Gasteiger charge is -2.15. The first kappa shape index (κ1) is 15.8. The highest BCUT2D eigenvalue weighted by Gasteiger charge is 2.14. The van der Waals surface area contributed by atoms with Crippen molar-refractivity contribution in [3.8, 4) is 0 Å². The maximum atomic E-state index is 6.00. The van der Waals surface area contributed by atoms with Crippen LogP contribution in [0.25, 0.3) is 5.65 Å². The standard InChI is InChI=1S/C16H21ClN6/c1-11-14(16(21(2)3)22(4)20-11)8-18-7-13-10-23-9-12(17)5-6-15(23)19-13/h5-6,9-10,18H,7-8H2,1-4H3. The highest BCUT2D eigenvalue weighted by Crippen LogP contribution is 2.21. The van der Waals surface area contributed by atoms with Crippen LogP contribution < -0.4 is 10.2 Å². The fourth-order valence-electron chi connectivity index (χ4n) is 2.87. The zero-order valence-corrected chi connectivity index (χ0v) is 14.6. The molecular formula is C16H21ClN6. The van der Waals surface area contributed by atoms with Gasteiger partial charge in [0.05, 0.1) is 16.4 Å². The van der Waals surface area contributed by atoms with Crippen molar-refractivity contribution >= 4 is 23.1 Å². The molecule has 0 atom stereocenters. The van der Waals surface area contributed by atoms with Gasteiger partial charge in [-0.05, 0) is 19.1 Å². The van der Waals surface area contributed by atoms with Gasteiger partial charge in [-0.25, -0.2) is 4.98 Å². The van der Waals surface area contributed by atoms with Gasteiger partial charge in [-0.1, -0.05) is 11.6 Å². The number of nitrogens with zero attached hydrogens (tertiary/aromatic N) is 5. The fraction of sp³-hybridized carbons (Fsp3) is 0.375. The minimum absolute atomic E-state index is 0.695. The van der Waals surface area contributed by atoms with E-state index in [-0.39, 0.29) is 0 Å². The summed E-state index contributed by atoms with van der Waals surface area (Å²) in [5.74, 6) is 1.12. The topological polar surface area (TPSA) is 50.4 Å². The number of hydrogen-bond acceptors (Lipinski definition) is 4. The van der Waals surface area contributed by atoms with Crippen molar-refractivity contribution < 1.29 is 0 Å². The smallest absolute Gasteiger partial charge is 0.137 e. The van der Waals surface area contributed by atoms with E-state index in [4.69, 9.17) is 11.6 Å². The number of fused-ring (bicyclic) bond motifs is 1. The normalized spacial score (nSPS) is 11.3. The van der Waals surface area contributed by atoms with Crippen LogP contribution in [-0.4, -0.2) is 33.3 Å². The lowest BCUT2D eigenvalue weighted by Crippen LogP contribution is -2.19. The van der Waals surface area contributed by atoms with Gasteiger partial charge in [0.25, 0.3) is 0 Å². The molecule has 0 radical (unpaired) electrons. The van der Waals surface area contributed by atoms with E-state index in [1.165, 1.54) is 5.56 Å². The molecule has 0 aliphatic heterocycles. The molecule has 0 bridgehead atoms. The average Bonchev–Trinajstić information content (AvgIpc) is 2.99. The molecule has 0 amide bonds. The zero-order valence-electron chi connectivity index (χ0n) is 13.8. The molecule has 0 saturated heterocycles. The predicted octanol–water partition coefficient (Wildman–Crippen LogP) is 2.39. The summed E-state index contributed by atoms with van der Waals surface area (Å²) < 4.78 is 3.86. The number of anilines is 1. The Bertz CT molecular complexity index is 833. The second kappa shape index (κ2) is 6.22. The quantitative estimate of drug-likeness (QED) is 0.779. The Hall–Kier alpha value is -2.05. The Morgan fingerprint density at radius 3 is 2.74 bits per heavy atom. The number of halogens is 1. The van der Waals surface area contributed by atoms with Crippen LogP contribution in [0, 0.1) is 6.92 Å². The second-order valence-electron chi connectivity index (χ2n) is 5.85. The molecule has 3 rings (SSSR count). The third kappa shape index (κ3) is 3.18. The minimum atomic E-state index is 0.695. The van der Waals surface area contributed by atoms with Crippen LogP contribution in [0.3, 0.4) is 0 Å². The Morgan fingerprint density at radius 1 is 1.22 bits per heavy atom. The van der Waals surface area contributed by atoms with Crippen molar-refractivity contribution in [1.82, 2.24) is 24.5 Å². The third-order valence-corrected chi connectivity index (χ3v) is 4.03. The van der Waals surface area contributed by atoms with Gasteiger partial charge < -0.3 is 14.6 Å². The maximum absolute atomic E-state index is 6.00. The molecule has 0 aromatic carbocycles. The molecule has 0 spiro atoms. The van der Waals surface area contributed by atoms with Gasteiger partial charge in [-0.3, -0.25) is 4.68 Å². The number of aromatic nitrogens is 4. The molecule has 23 heavy (non-hydrogen) atoms. The highest BCUT2D eigenvalue weighted by atomic mass is 35.5. The van der Waals surface area contributed by atoms with Gasteiger partial charge in [0.15, 0.2) is 0 Å². The minimum Gasteiger partial charge on any atom is -0.363 e. The molecule has 0 aliphatic carbocycles. The summed E-state index contributed by atoms with van der Waals surface area (Å²) in [6, 6.07) is 3.77. The summed E-state index contributed by atoms with van der Waals surface area (Å²) in [7, 11) is 6.04. The van der Waals surface area contributed by atoms with E-state index in [9.17, 15) is 0 Å². The Morgan fingerprint density at radius 2 is 2.00 bits per heavy atom. The van der Waals surface area contributed by atoms with Crippen LogP contribution >= 0.6 is 11.6 Å². The van der Waals surface area contributed by atoms with Crippen molar-refractivity contribution in [2.45, 2.75) is 20.0 Å². The van der Waals surface area contributed by atoms with Gasteiger partial charge in [-0.2, -0.15) is 5.10 Å². The van der Waals surface area contributed by atoms with Gasteiger partial charge in [0.1, 0.15) is 11.5 Å². The maximum Gasteiger partial charge on any atom is 0.137 e. The summed E-state index contributed by atoms with van der Waals surface area (Å²) in [4.78, 5) is 6.67. The van der Waals surface area contributed by atoms with E-state index in [0.717, 1.165) is 29.4 Å². The number of aryl methyl sites for hydroxylation is 2. The van der Waals surface area contributed by atoms with Gasteiger partial charge in [0, 0.05) is 52.2 Å². The third-order valence-electron chi connectivity index (χ3n) is 3.81. The van der Waals surface area contributed by atoms with Crippen molar-refractivity contribution in [2.75, 3.05) is 19.0 Å². The summed E-state index contributed by atoms with van der Waals surface area (Å²) in [5, 5.41) is 8.66. The molecule has 0 unspecified atom stereocenters. The van der Waals surface area contributed by atoms with Crippen molar-refractivity contribution in [1.29, 1.82) is 0 Å². The number of nitrogens with one attached hydrogen (secondary N) is 1. The number of pyridine rings is 1. The largest absolute Gasteiger partial charge is 0.363 e. The van der Waals surface area contributed by atoms with Crippen LogP contribution in [0.15, 0.2) is 24.5 Å². The van der Waals surface area contributed by atoms with Gasteiger partial charge in [-0.15, -0.1) is 0 Å². The molecule has 1 N–H and O–H groups in total. The average molecular weight is 333 g/mol. The molecule has 3 aromatic heterocycles. The molecular weight excluding hydrogens is 312 g/mol. The highest BCUT2D eigenvalue weighted by molar-refractivity contribution is 6.30. The van der Waals surface area contributed by atoms with Gasteiger partial charge in [0.2, 0.25) is 0 Å². The second-order valence-corrected chi connectivity index (χ2v) is 6.29. The van der Waals surface area contributed by atoms with Crippen LogP contribution in [0.4, 0.5) is 5.82 Å². The molecule has 0 aliphatic rings. The van der Waals surface area contributed by atoms with E-state index >= 15 is 0 Å². The summed E-state index contributed by atoms with van der Waals surface area (Å²) in [6.45, 7) is 3.49. The molecule has 3 aromatic rings. The number of rotatable bonds is 5. The van der Waals surface area contributed by atoms with Crippen LogP contribution in [0.1, 0.15) is 17.0 Å². The van der Waals surface area contributed by atoms with E-state index in [0.29, 0.717) is 11.6 Å². The lowest BCUT2D eigenvalue weighted by atomic mass is 10.2. The fourth-order valence-corrected chi connectivity index (χ4v) is 3.04. The molecule has 6 nitrogen and oxygen atoms in total. The molecule has 3 heterocycles. The summed E-state index contributed by atoms with van der Waals surface area (Å²) in [6.07, 6.45) is 3.86. The number of imidazole rings is 1. The molecule has 7 heteroatoms. The van der Waals surface area contributed by atoms with Crippen LogP contribution in [0.5, 0.6) is 0 Å². The first-order valence-electron chi connectivity index (χ1n) is 7.49. The Balaban J connectivity index is 1.71. The Labute approximate surface area is 140 Å². The van der Waals surface area contributed by atoms with Crippen molar-refractivity contribution in [2.24, 2.45) is 7.05 Å². The monoisotopic (exact) mass is 332 g/mol. The van der Waals surface area contributed by atoms with Crippen LogP contribution in [0.2, 0.25) is 5.02 Å². The van der Waals surface area contributed by atoms with E-state index < -0.39 is 0 Å². The zero-order chi connectivity index (χ0) is 16.6. The predicted molar refractivity (Wildman–Crippen MR) is 93.0 cm³/mol.